The van der Waals surface area contributed by atoms with E-state index in [1.165, 1.54) is 0 Å². The fraction of sp³-hybridized carbons (Fsp3) is 0.417. The Labute approximate surface area is 95.8 Å². The Hall–Kier alpha value is -1.55. The van der Waals surface area contributed by atoms with Crippen molar-refractivity contribution in [3.05, 3.63) is 29.3 Å². The average Bonchev–Trinajstić information content (AvgIpc) is 2.25. The molecular formula is C12H18N2O2. The van der Waals surface area contributed by atoms with E-state index in [0.29, 0.717) is 5.92 Å². The lowest BCUT2D eigenvalue weighted by Crippen LogP contribution is -2.34. The highest BCUT2D eigenvalue weighted by Gasteiger charge is 2.09. The van der Waals surface area contributed by atoms with Gasteiger partial charge in [0.15, 0.2) is 6.61 Å². The van der Waals surface area contributed by atoms with Crippen molar-refractivity contribution in [1.29, 1.82) is 0 Å². The van der Waals surface area contributed by atoms with E-state index >= 15 is 0 Å². The number of nitrogens with two attached hydrogens (primary N) is 1. The van der Waals surface area contributed by atoms with Crippen molar-refractivity contribution in [2.75, 3.05) is 6.61 Å². The summed E-state index contributed by atoms with van der Waals surface area (Å²) in [4.78, 5) is 11.0. The van der Waals surface area contributed by atoms with Gasteiger partial charge in [-0.25, -0.2) is 5.84 Å². The first-order valence-electron chi connectivity index (χ1n) is 5.27. The smallest absolute Gasteiger partial charge is 0.271 e. The lowest BCUT2D eigenvalue weighted by atomic mass is 10.0. The quantitative estimate of drug-likeness (QED) is 0.461. The van der Waals surface area contributed by atoms with Crippen LogP contribution in [0.4, 0.5) is 0 Å². The number of aryl methyl sites for hydroxylation is 1. The normalized spacial score (nSPS) is 10.3. The number of rotatable bonds is 4. The zero-order chi connectivity index (χ0) is 12.1. The van der Waals surface area contributed by atoms with Gasteiger partial charge in [0.25, 0.3) is 5.91 Å². The Balaban J connectivity index is 2.84. The van der Waals surface area contributed by atoms with Gasteiger partial charge in [0.1, 0.15) is 5.75 Å². The molecule has 1 aromatic carbocycles. The molecule has 0 aromatic heterocycles. The molecule has 0 spiro atoms. The van der Waals surface area contributed by atoms with Crippen LogP contribution in [0.1, 0.15) is 30.9 Å². The summed E-state index contributed by atoms with van der Waals surface area (Å²) in [6, 6.07) is 5.99. The van der Waals surface area contributed by atoms with Gasteiger partial charge in [-0.15, -0.1) is 0 Å². The SMILES string of the molecule is Cc1ccc(C(C)C)c(OCC(=O)NN)c1. The van der Waals surface area contributed by atoms with Gasteiger partial charge in [0, 0.05) is 0 Å². The molecule has 0 saturated heterocycles. The van der Waals surface area contributed by atoms with E-state index in [9.17, 15) is 4.79 Å². The van der Waals surface area contributed by atoms with Crippen LogP contribution in [0.5, 0.6) is 5.75 Å². The molecule has 1 aromatic rings. The van der Waals surface area contributed by atoms with Crippen LogP contribution in [-0.2, 0) is 4.79 Å². The molecule has 88 valence electrons. The summed E-state index contributed by atoms with van der Waals surface area (Å²) in [7, 11) is 0. The number of hydrogen-bond donors (Lipinski definition) is 2. The van der Waals surface area contributed by atoms with Gasteiger partial charge in [-0.05, 0) is 30.0 Å². The molecule has 0 bridgehead atoms. The van der Waals surface area contributed by atoms with Gasteiger partial charge in [0.2, 0.25) is 0 Å². The van der Waals surface area contributed by atoms with Crippen molar-refractivity contribution in [1.82, 2.24) is 5.43 Å². The second-order valence-corrected chi connectivity index (χ2v) is 4.05. The molecule has 0 fully saturated rings. The Kier molecular flexibility index (Phi) is 4.31. The zero-order valence-corrected chi connectivity index (χ0v) is 9.91. The third-order valence-corrected chi connectivity index (χ3v) is 2.31. The minimum atomic E-state index is -0.337. The Morgan fingerprint density at radius 1 is 1.50 bits per heavy atom. The molecule has 0 saturated carbocycles. The molecule has 0 heterocycles. The van der Waals surface area contributed by atoms with Crippen molar-refractivity contribution in [2.45, 2.75) is 26.7 Å². The summed E-state index contributed by atoms with van der Waals surface area (Å²) in [5, 5.41) is 0. The maximum Gasteiger partial charge on any atom is 0.271 e. The maximum absolute atomic E-state index is 11.0. The number of ether oxygens (including phenoxy) is 1. The first-order chi connectivity index (χ1) is 7.54. The molecule has 4 nitrogen and oxygen atoms in total. The van der Waals surface area contributed by atoms with E-state index in [1.54, 1.807) is 0 Å². The fourth-order valence-corrected chi connectivity index (χ4v) is 1.43. The summed E-state index contributed by atoms with van der Waals surface area (Å²) >= 11 is 0. The van der Waals surface area contributed by atoms with Gasteiger partial charge < -0.3 is 4.74 Å². The minimum Gasteiger partial charge on any atom is -0.483 e. The standard InChI is InChI=1S/C12H18N2O2/c1-8(2)10-5-4-9(3)6-11(10)16-7-12(15)14-13/h4-6,8H,7,13H2,1-3H3,(H,14,15). The number of hydrazine groups is 1. The lowest BCUT2D eigenvalue weighted by molar-refractivity contribution is -0.123. The van der Waals surface area contributed by atoms with E-state index in [-0.39, 0.29) is 12.5 Å². The van der Waals surface area contributed by atoms with Crippen LogP contribution in [0.25, 0.3) is 0 Å². The van der Waals surface area contributed by atoms with E-state index in [0.717, 1.165) is 16.9 Å². The summed E-state index contributed by atoms with van der Waals surface area (Å²) in [6.07, 6.45) is 0. The highest BCUT2D eigenvalue weighted by atomic mass is 16.5. The van der Waals surface area contributed by atoms with E-state index < -0.39 is 0 Å². The monoisotopic (exact) mass is 222 g/mol. The van der Waals surface area contributed by atoms with Crippen LogP contribution in [0.3, 0.4) is 0 Å². The molecule has 1 amide bonds. The van der Waals surface area contributed by atoms with Crippen molar-refractivity contribution in [2.24, 2.45) is 5.84 Å². The number of carbonyl (C=O) groups is 1. The first kappa shape index (κ1) is 12.5. The first-order valence-corrected chi connectivity index (χ1v) is 5.27. The maximum atomic E-state index is 11.0. The molecule has 0 unspecified atom stereocenters. The number of benzene rings is 1. The van der Waals surface area contributed by atoms with Crippen molar-refractivity contribution in [3.8, 4) is 5.75 Å². The summed E-state index contributed by atoms with van der Waals surface area (Å²) in [5.74, 6) is 5.75. The van der Waals surface area contributed by atoms with Crippen molar-refractivity contribution in [3.63, 3.8) is 0 Å². The number of carbonyl (C=O) groups excluding carboxylic acids is 1. The van der Waals surface area contributed by atoms with Crippen LogP contribution in [-0.4, -0.2) is 12.5 Å². The fourth-order valence-electron chi connectivity index (χ4n) is 1.43. The van der Waals surface area contributed by atoms with Crippen molar-refractivity contribution >= 4 is 5.91 Å². The molecule has 1 rings (SSSR count). The molecule has 0 aliphatic heterocycles. The Morgan fingerprint density at radius 3 is 2.75 bits per heavy atom. The Bertz CT molecular complexity index is 375. The summed E-state index contributed by atoms with van der Waals surface area (Å²) < 4.78 is 5.44. The van der Waals surface area contributed by atoms with Gasteiger partial charge in [-0.2, -0.15) is 0 Å². The summed E-state index contributed by atoms with van der Waals surface area (Å²) in [5.41, 5.74) is 4.23. The summed E-state index contributed by atoms with van der Waals surface area (Å²) in [6.45, 7) is 6.10. The average molecular weight is 222 g/mol. The highest BCUT2D eigenvalue weighted by molar-refractivity contribution is 5.76. The van der Waals surface area contributed by atoms with Gasteiger partial charge in [-0.1, -0.05) is 26.0 Å². The second-order valence-electron chi connectivity index (χ2n) is 4.05. The Morgan fingerprint density at radius 2 is 2.19 bits per heavy atom. The predicted molar refractivity (Wildman–Crippen MR) is 63.1 cm³/mol. The lowest BCUT2D eigenvalue weighted by Gasteiger charge is -2.14. The topological polar surface area (TPSA) is 64.3 Å². The van der Waals surface area contributed by atoms with Crippen molar-refractivity contribution < 1.29 is 9.53 Å². The van der Waals surface area contributed by atoms with E-state index in [2.05, 4.69) is 13.8 Å². The molecule has 0 aliphatic carbocycles. The molecule has 0 atom stereocenters. The molecule has 3 N–H and O–H groups in total. The number of amides is 1. The van der Waals surface area contributed by atoms with Crippen LogP contribution < -0.4 is 16.0 Å². The minimum absolute atomic E-state index is 0.0559. The number of hydrogen-bond acceptors (Lipinski definition) is 3. The van der Waals surface area contributed by atoms with Gasteiger partial charge >= 0.3 is 0 Å². The molecule has 4 heteroatoms. The van der Waals surface area contributed by atoms with Crippen LogP contribution in [0, 0.1) is 6.92 Å². The van der Waals surface area contributed by atoms with Crippen LogP contribution in [0.15, 0.2) is 18.2 Å². The number of nitrogens with one attached hydrogen (secondary N) is 1. The third-order valence-electron chi connectivity index (χ3n) is 2.31. The van der Waals surface area contributed by atoms with Crippen LogP contribution >= 0.6 is 0 Å². The third kappa shape index (κ3) is 3.24. The second kappa shape index (κ2) is 5.51. The largest absolute Gasteiger partial charge is 0.483 e. The highest BCUT2D eigenvalue weighted by Crippen LogP contribution is 2.27. The van der Waals surface area contributed by atoms with Gasteiger partial charge in [-0.3, -0.25) is 10.2 Å². The molecule has 0 aliphatic rings. The molecular weight excluding hydrogens is 204 g/mol. The predicted octanol–water partition coefficient (Wildman–Crippen LogP) is 1.49. The molecule has 0 radical (unpaired) electrons. The van der Waals surface area contributed by atoms with E-state index in [4.69, 9.17) is 10.6 Å². The van der Waals surface area contributed by atoms with E-state index in [1.807, 2.05) is 30.5 Å². The van der Waals surface area contributed by atoms with Gasteiger partial charge in [0.05, 0.1) is 0 Å². The zero-order valence-electron chi connectivity index (χ0n) is 9.91. The van der Waals surface area contributed by atoms with Crippen LogP contribution in [0.2, 0.25) is 0 Å². The molecule has 16 heavy (non-hydrogen) atoms.